The van der Waals surface area contributed by atoms with E-state index in [0.29, 0.717) is 22.8 Å². The average molecular weight is 1680 g/mol. The number of benzene rings is 22. The summed E-state index contributed by atoms with van der Waals surface area (Å²) in [4.78, 5) is 21.4. The van der Waals surface area contributed by atoms with Crippen LogP contribution in [0.15, 0.2) is 467 Å². The SMILES string of the molecule is N#Cc1cc(-n2c3ccc(-c4ccc(-c5ccccc5)cc4)cc3c3cc4ccccc4cc32)c2ccccc2c1-c1nc(-c2ccccc2)c2ccc(-c3ccccc3)cc2n1.c1ccc(-c2cc3nc(-c4ccc(-n5c6cc7ccccc7cc6c6c(-c7cccc8c9ccccc9c9ccccc9c78)cccc65)cc4)nc(-c4ccccc4)c3cc2-c2ccccc2)cc1. The molecule has 0 spiro atoms. The lowest BCUT2D eigenvalue weighted by atomic mass is 9.88. The van der Waals surface area contributed by atoms with E-state index in [1.807, 2.05) is 42.5 Å². The van der Waals surface area contributed by atoms with Gasteiger partial charge in [0.25, 0.3) is 0 Å². The predicted molar refractivity (Wildman–Crippen MR) is 552 cm³/mol. The lowest BCUT2D eigenvalue weighted by Crippen LogP contribution is -2.02. The molecular formula is C125H77N7. The molecule has 0 radical (unpaired) electrons. The van der Waals surface area contributed by atoms with Gasteiger partial charge in [-0.15, -0.1) is 0 Å². The van der Waals surface area contributed by atoms with E-state index in [1.165, 1.54) is 81.5 Å². The first-order chi connectivity index (χ1) is 65.4. The Bertz CT molecular complexity index is 9120. The molecule has 7 nitrogen and oxygen atoms in total. The van der Waals surface area contributed by atoms with Gasteiger partial charge in [-0.2, -0.15) is 5.26 Å². The van der Waals surface area contributed by atoms with Crippen LogP contribution in [0.3, 0.4) is 0 Å². The fourth-order valence-electron chi connectivity index (χ4n) is 20.4. The lowest BCUT2D eigenvalue weighted by Gasteiger charge is -2.17. The molecule has 0 aliphatic carbocycles. The highest BCUT2D eigenvalue weighted by Gasteiger charge is 2.27. The van der Waals surface area contributed by atoms with E-state index in [1.54, 1.807) is 0 Å². The van der Waals surface area contributed by atoms with E-state index in [4.69, 9.17) is 19.9 Å². The maximum absolute atomic E-state index is 11.2. The van der Waals surface area contributed by atoms with Crippen molar-refractivity contribution in [2.75, 3.05) is 0 Å². The zero-order valence-corrected chi connectivity index (χ0v) is 71.6. The van der Waals surface area contributed by atoms with Crippen LogP contribution in [0, 0.1) is 11.3 Å². The number of aromatic nitrogens is 6. The van der Waals surface area contributed by atoms with Crippen molar-refractivity contribution in [3.05, 3.63) is 473 Å². The van der Waals surface area contributed by atoms with Crippen LogP contribution in [0.1, 0.15) is 5.56 Å². The molecule has 0 aliphatic rings. The van der Waals surface area contributed by atoms with Gasteiger partial charge in [-0.1, -0.05) is 370 Å². The third-order valence-corrected chi connectivity index (χ3v) is 26.6. The Morgan fingerprint density at radius 1 is 0.197 bits per heavy atom. The zero-order chi connectivity index (χ0) is 87.3. The number of rotatable bonds is 12. The molecule has 0 atom stereocenters. The van der Waals surface area contributed by atoms with Crippen LogP contribution in [-0.2, 0) is 0 Å². The molecule has 4 aromatic heterocycles. The van der Waals surface area contributed by atoms with Crippen molar-refractivity contribution in [3.8, 4) is 129 Å². The summed E-state index contributed by atoms with van der Waals surface area (Å²) >= 11 is 0. The average Bonchev–Trinajstić information content (AvgIpc) is 1.08. The van der Waals surface area contributed by atoms with Crippen LogP contribution in [0.4, 0.5) is 0 Å². The lowest BCUT2D eigenvalue weighted by molar-refractivity contribution is 1.17. The molecule has 0 saturated heterocycles. The maximum atomic E-state index is 11.2. The van der Waals surface area contributed by atoms with Gasteiger partial charge < -0.3 is 9.13 Å². The third kappa shape index (κ3) is 13.1. The molecule has 0 aliphatic heterocycles. The Kier molecular flexibility index (Phi) is 18.5. The molecule has 26 aromatic rings. The zero-order valence-electron chi connectivity index (χ0n) is 71.6. The summed E-state index contributed by atoms with van der Waals surface area (Å²) in [6.07, 6.45) is 0. The molecule has 132 heavy (non-hydrogen) atoms. The Morgan fingerprint density at radius 3 is 1.20 bits per heavy atom. The molecular weight excluding hydrogens is 1600 g/mol. The minimum atomic E-state index is 0.507. The van der Waals surface area contributed by atoms with Crippen molar-refractivity contribution in [1.82, 2.24) is 29.1 Å². The molecule has 0 amide bonds. The van der Waals surface area contributed by atoms with Crippen molar-refractivity contribution >= 4 is 130 Å². The van der Waals surface area contributed by atoms with Crippen LogP contribution in [0.5, 0.6) is 0 Å². The van der Waals surface area contributed by atoms with Gasteiger partial charge in [0, 0.05) is 65.6 Å². The minimum absolute atomic E-state index is 0.507. The van der Waals surface area contributed by atoms with E-state index in [2.05, 4.69) is 440 Å². The van der Waals surface area contributed by atoms with E-state index in [0.717, 1.165) is 155 Å². The molecule has 0 N–H and O–H groups in total. The van der Waals surface area contributed by atoms with Crippen molar-refractivity contribution in [3.63, 3.8) is 0 Å². The number of hydrogen-bond acceptors (Lipinski definition) is 5. The summed E-state index contributed by atoms with van der Waals surface area (Å²) in [5.41, 5.74) is 28.0. The standard InChI is InChI=1S/C66H41N3.C59H36N4/c1-4-18-42(19-5-1)56-40-58-60(41-57(56)43-20-6-2-7-21-43)67-66(68-65(58)44-22-8-3-9-23-44)45-34-36-48(37-35-45)69-61-33-17-32-55(64(61)59-38-46-24-10-11-25-47(46)39-62(59)69)54-31-16-30-53-51-27-13-12-26-49(51)50-28-14-15-29-52(50)63(53)54;60-37-47-36-55(48-22-12-13-23-49(48)57(47)59-61-53-34-46(39-16-6-2-7-17-39)28-30-50(53)58(62-59)42-18-8-3-9-19-42)63-54-31-29-45(41-26-24-40(25-27-41)38-14-4-1-5-15-38)33-51(54)52-32-43-20-10-11-21-44(43)35-56(52)63/h1-41H;1-36H. The van der Waals surface area contributed by atoms with E-state index < -0.39 is 0 Å². The van der Waals surface area contributed by atoms with Gasteiger partial charge in [-0.25, -0.2) is 19.9 Å². The molecule has 0 fully saturated rings. The predicted octanol–water partition coefficient (Wildman–Crippen LogP) is 32.9. The summed E-state index contributed by atoms with van der Waals surface area (Å²) in [6.45, 7) is 0. The Balaban J connectivity index is 0.000000142. The topological polar surface area (TPSA) is 85.2 Å². The monoisotopic (exact) mass is 1680 g/mol. The second kappa shape index (κ2) is 31.9. The third-order valence-electron chi connectivity index (χ3n) is 26.6. The maximum Gasteiger partial charge on any atom is 0.162 e. The van der Waals surface area contributed by atoms with Gasteiger partial charge in [0.1, 0.15) is 0 Å². The number of hydrogen-bond donors (Lipinski definition) is 0. The summed E-state index contributed by atoms with van der Waals surface area (Å²) in [6, 6.07) is 169. The molecule has 0 saturated carbocycles. The van der Waals surface area contributed by atoms with Crippen LogP contribution in [-0.4, -0.2) is 29.1 Å². The highest BCUT2D eigenvalue weighted by molar-refractivity contribution is 6.31. The highest BCUT2D eigenvalue weighted by Crippen LogP contribution is 2.49. The van der Waals surface area contributed by atoms with Crippen LogP contribution >= 0.6 is 0 Å². The number of nitriles is 1. The Hall–Kier alpha value is -17.8. The number of fused-ring (bicyclic) bond motifs is 17. The molecule has 26 rings (SSSR count). The minimum Gasteiger partial charge on any atom is -0.309 e. The second-order valence-electron chi connectivity index (χ2n) is 34.1. The van der Waals surface area contributed by atoms with Crippen molar-refractivity contribution in [2.24, 2.45) is 0 Å². The molecule has 0 bridgehead atoms. The van der Waals surface area contributed by atoms with Gasteiger partial charge in [-0.3, -0.25) is 0 Å². The first kappa shape index (κ1) is 76.6. The fourth-order valence-corrected chi connectivity index (χ4v) is 20.4. The first-order valence-corrected chi connectivity index (χ1v) is 44.9. The van der Waals surface area contributed by atoms with Crippen molar-refractivity contribution < 1.29 is 0 Å². The van der Waals surface area contributed by atoms with Gasteiger partial charge >= 0.3 is 0 Å². The summed E-state index contributed by atoms with van der Waals surface area (Å²) < 4.78 is 4.78. The molecule has 0 unspecified atom stereocenters. The fraction of sp³-hybridized carbons (Fsp3) is 0. The van der Waals surface area contributed by atoms with Gasteiger partial charge in [0.05, 0.1) is 61.8 Å². The van der Waals surface area contributed by atoms with Crippen LogP contribution in [0.2, 0.25) is 0 Å². The van der Waals surface area contributed by atoms with Gasteiger partial charge in [0.15, 0.2) is 11.6 Å². The molecule has 7 heteroatoms. The van der Waals surface area contributed by atoms with E-state index in [9.17, 15) is 5.26 Å². The second-order valence-corrected chi connectivity index (χ2v) is 34.1. The number of nitrogens with zero attached hydrogens (tertiary/aromatic N) is 7. The highest BCUT2D eigenvalue weighted by atomic mass is 15.0. The molecule has 4 heterocycles. The van der Waals surface area contributed by atoms with Crippen LogP contribution in [0.25, 0.3) is 253 Å². The molecule has 612 valence electrons. The Labute approximate surface area is 761 Å². The quantitative estimate of drug-likeness (QED) is 0.114. The van der Waals surface area contributed by atoms with Crippen LogP contribution < -0.4 is 0 Å². The summed E-state index contributed by atoms with van der Waals surface area (Å²) in [7, 11) is 0. The summed E-state index contributed by atoms with van der Waals surface area (Å²) in [5, 5.41) is 32.2. The Morgan fingerprint density at radius 2 is 0.598 bits per heavy atom. The molecule has 22 aromatic carbocycles. The van der Waals surface area contributed by atoms with Crippen molar-refractivity contribution in [1.29, 1.82) is 5.26 Å². The van der Waals surface area contributed by atoms with Gasteiger partial charge in [0.2, 0.25) is 0 Å². The van der Waals surface area contributed by atoms with Gasteiger partial charge in [-0.05, 0) is 223 Å². The smallest absolute Gasteiger partial charge is 0.162 e. The van der Waals surface area contributed by atoms with E-state index in [-0.39, 0.29) is 0 Å². The van der Waals surface area contributed by atoms with E-state index >= 15 is 0 Å². The van der Waals surface area contributed by atoms with Crippen molar-refractivity contribution in [2.45, 2.75) is 0 Å². The largest absolute Gasteiger partial charge is 0.309 e. The normalized spacial score (nSPS) is 11.6. The first-order valence-electron chi connectivity index (χ1n) is 44.9. The summed E-state index contributed by atoms with van der Waals surface area (Å²) in [5.74, 6) is 1.20.